The van der Waals surface area contributed by atoms with Gasteiger partial charge in [0.2, 0.25) is 5.91 Å². The first-order chi connectivity index (χ1) is 11.7. The molecule has 0 heterocycles. The number of methoxy groups -OCH3 is 1. The summed E-state index contributed by atoms with van der Waals surface area (Å²) in [6.07, 6.45) is -5.33. The number of amides is 1. The van der Waals surface area contributed by atoms with Crippen molar-refractivity contribution < 1.29 is 27.8 Å². The molecule has 0 aliphatic rings. The number of carbonyl (C=O) groups is 1. The van der Waals surface area contributed by atoms with Crippen molar-refractivity contribution in [3.63, 3.8) is 0 Å². The number of nitrogens with one attached hydrogen (secondary N) is 1. The number of hydrogen-bond acceptors (Lipinski definition) is 3. The molecular weight excluding hydrogens is 335 g/mol. The van der Waals surface area contributed by atoms with Crippen molar-refractivity contribution in [3.05, 3.63) is 35.9 Å². The van der Waals surface area contributed by atoms with Gasteiger partial charge in [0, 0.05) is 7.11 Å². The number of carbonyl (C=O) groups excluding carboxylic acids is 1. The molecule has 0 fully saturated rings. The van der Waals surface area contributed by atoms with Crippen LogP contribution in [0.15, 0.2) is 30.3 Å². The maximum Gasteiger partial charge on any atom is 0.402 e. The molecule has 0 aliphatic heterocycles. The molecule has 142 valence electrons. The van der Waals surface area contributed by atoms with Crippen LogP contribution in [0.5, 0.6) is 0 Å². The molecule has 0 saturated heterocycles. The maximum absolute atomic E-state index is 13.5. The highest BCUT2D eigenvalue weighted by molar-refractivity contribution is 5.83. The largest absolute Gasteiger partial charge is 0.402 e. The van der Waals surface area contributed by atoms with Gasteiger partial charge in [0.25, 0.3) is 0 Å². The predicted octanol–water partition coefficient (Wildman–Crippen LogP) is 3.61. The van der Waals surface area contributed by atoms with Gasteiger partial charge < -0.3 is 15.2 Å². The molecule has 1 amide bonds. The molecule has 3 atom stereocenters. The van der Waals surface area contributed by atoms with Gasteiger partial charge >= 0.3 is 6.18 Å². The zero-order valence-corrected chi connectivity index (χ0v) is 14.8. The number of aliphatic hydroxyl groups excluding tert-OH is 1. The molecule has 7 heteroatoms. The Bertz CT molecular complexity index is 536. The van der Waals surface area contributed by atoms with E-state index in [1.54, 1.807) is 37.3 Å². The Hall–Kier alpha value is -1.60. The fourth-order valence-electron chi connectivity index (χ4n) is 2.52. The van der Waals surface area contributed by atoms with E-state index in [1.807, 2.05) is 0 Å². The van der Waals surface area contributed by atoms with Gasteiger partial charge in [0.05, 0.1) is 12.6 Å². The zero-order chi connectivity index (χ0) is 19.1. The van der Waals surface area contributed by atoms with Gasteiger partial charge in [-0.3, -0.25) is 4.79 Å². The van der Waals surface area contributed by atoms with Crippen LogP contribution in [0.1, 0.15) is 44.8 Å². The van der Waals surface area contributed by atoms with E-state index in [-0.39, 0.29) is 19.4 Å². The standard InChI is InChI=1S/C18H26F3NO3/c1-4-5-11-17(2,18(19,20)21)16(24)22-14(12-25-3)15(23)13-9-7-6-8-10-13/h6-10,14-15,23H,4-5,11-12H2,1-3H3,(H,22,24)/t14-,15-,17+/m0/s1. The molecule has 0 spiro atoms. The van der Waals surface area contributed by atoms with Crippen LogP contribution in [-0.4, -0.2) is 36.9 Å². The fourth-order valence-corrected chi connectivity index (χ4v) is 2.52. The molecule has 0 aromatic heterocycles. The van der Waals surface area contributed by atoms with Crippen molar-refractivity contribution in [3.8, 4) is 0 Å². The van der Waals surface area contributed by atoms with Crippen molar-refractivity contribution in [2.45, 2.75) is 51.4 Å². The van der Waals surface area contributed by atoms with Gasteiger partial charge in [-0.05, 0) is 18.9 Å². The first-order valence-corrected chi connectivity index (χ1v) is 8.27. The smallest absolute Gasteiger partial charge is 0.386 e. The summed E-state index contributed by atoms with van der Waals surface area (Å²) in [6.45, 7) is 2.56. The summed E-state index contributed by atoms with van der Waals surface area (Å²) in [4.78, 5) is 12.4. The van der Waals surface area contributed by atoms with Crippen LogP contribution >= 0.6 is 0 Å². The quantitative estimate of drug-likeness (QED) is 0.706. The second kappa shape index (κ2) is 9.20. The van der Waals surface area contributed by atoms with E-state index < -0.39 is 29.6 Å². The Morgan fingerprint density at radius 1 is 1.28 bits per heavy atom. The number of rotatable bonds is 9. The van der Waals surface area contributed by atoms with Crippen molar-refractivity contribution in [1.29, 1.82) is 0 Å². The van der Waals surface area contributed by atoms with Gasteiger partial charge in [-0.15, -0.1) is 0 Å². The van der Waals surface area contributed by atoms with Crippen LogP contribution in [-0.2, 0) is 9.53 Å². The fraction of sp³-hybridized carbons (Fsp3) is 0.611. The van der Waals surface area contributed by atoms with Gasteiger partial charge in [-0.1, -0.05) is 50.1 Å². The Kier molecular flexibility index (Phi) is 7.89. The lowest BCUT2D eigenvalue weighted by Crippen LogP contribution is -2.53. The average Bonchev–Trinajstić information content (AvgIpc) is 2.58. The molecule has 25 heavy (non-hydrogen) atoms. The summed E-state index contributed by atoms with van der Waals surface area (Å²) < 4.78 is 45.4. The van der Waals surface area contributed by atoms with E-state index in [2.05, 4.69) is 5.32 Å². The van der Waals surface area contributed by atoms with Gasteiger partial charge in [-0.25, -0.2) is 0 Å². The number of unbranched alkanes of at least 4 members (excludes halogenated alkanes) is 1. The van der Waals surface area contributed by atoms with Gasteiger partial charge in [0.1, 0.15) is 11.5 Å². The lowest BCUT2D eigenvalue weighted by atomic mass is 9.82. The lowest BCUT2D eigenvalue weighted by Gasteiger charge is -2.33. The first kappa shape index (κ1) is 21.4. The Balaban J connectivity index is 3.00. The monoisotopic (exact) mass is 361 g/mol. The van der Waals surface area contributed by atoms with Gasteiger partial charge in [-0.2, -0.15) is 13.2 Å². The van der Waals surface area contributed by atoms with Crippen molar-refractivity contribution in [2.24, 2.45) is 5.41 Å². The van der Waals surface area contributed by atoms with E-state index in [0.717, 1.165) is 6.92 Å². The highest BCUT2D eigenvalue weighted by Gasteiger charge is 2.56. The van der Waals surface area contributed by atoms with Crippen molar-refractivity contribution in [2.75, 3.05) is 13.7 Å². The average molecular weight is 361 g/mol. The van der Waals surface area contributed by atoms with E-state index in [4.69, 9.17) is 4.74 Å². The van der Waals surface area contributed by atoms with Crippen LogP contribution in [0.2, 0.25) is 0 Å². The minimum absolute atomic E-state index is 0.108. The molecule has 0 aliphatic carbocycles. The van der Waals surface area contributed by atoms with Gasteiger partial charge in [0.15, 0.2) is 0 Å². The van der Waals surface area contributed by atoms with E-state index in [9.17, 15) is 23.1 Å². The summed E-state index contributed by atoms with van der Waals surface area (Å²) in [5.74, 6) is -1.15. The van der Waals surface area contributed by atoms with E-state index in [0.29, 0.717) is 12.0 Å². The molecule has 1 aromatic rings. The second-order valence-electron chi connectivity index (χ2n) is 6.32. The molecule has 1 rings (SSSR count). The first-order valence-electron chi connectivity index (χ1n) is 8.27. The molecule has 0 unspecified atom stereocenters. The minimum Gasteiger partial charge on any atom is -0.386 e. The molecule has 4 nitrogen and oxygen atoms in total. The SMILES string of the molecule is CCCC[C@](C)(C(=O)N[C@@H](COC)[C@@H](O)c1ccccc1)C(F)(F)F. The molecule has 2 N–H and O–H groups in total. The highest BCUT2D eigenvalue weighted by Crippen LogP contribution is 2.42. The summed E-state index contributed by atoms with van der Waals surface area (Å²) in [7, 11) is 1.36. The Morgan fingerprint density at radius 3 is 2.36 bits per heavy atom. The number of aliphatic hydroxyl groups is 1. The van der Waals surface area contributed by atoms with E-state index in [1.165, 1.54) is 7.11 Å². The Morgan fingerprint density at radius 2 is 1.88 bits per heavy atom. The lowest BCUT2D eigenvalue weighted by molar-refractivity contribution is -0.219. The number of ether oxygens (including phenoxy) is 1. The summed E-state index contributed by atoms with van der Waals surface area (Å²) in [6, 6.07) is 7.45. The third kappa shape index (κ3) is 5.44. The minimum atomic E-state index is -4.68. The third-order valence-electron chi connectivity index (χ3n) is 4.34. The highest BCUT2D eigenvalue weighted by atomic mass is 19.4. The molecule has 1 aromatic carbocycles. The summed E-state index contributed by atoms with van der Waals surface area (Å²) in [5, 5.41) is 12.8. The van der Waals surface area contributed by atoms with Crippen molar-refractivity contribution in [1.82, 2.24) is 5.32 Å². The second-order valence-corrected chi connectivity index (χ2v) is 6.32. The van der Waals surface area contributed by atoms with Crippen molar-refractivity contribution >= 4 is 5.91 Å². The predicted molar refractivity (Wildman–Crippen MR) is 88.9 cm³/mol. The Labute approximate surface area is 146 Å². The maximum atomic E-state index is 13.5. The normalized spacial score (nSPS) is 16.8. The van der Waals surface area contributed by atoms with E-state index >= 15 is 0 Å². The van der Waals surface area contributed by atoms with Crippen LogP contribution < -0.4 is 5.32 Å². The summed E-state index contributed by atoms with van der Waals surface area (Å²) >= 11 is 0. The number of benzene rings is 1. The molecule has 0 radical (unpaired) electrons. The number of halogens is 3. The van der Waals surface area contributed by atoms with Crippen LogP contribution in [0.25, 0.3) is 0 Å². The summed E-state index contributed by atoms with van der Waals surface area (Å²) in [5.41, 5.74) is -2.02. The third-order valence-corrected chi connectivity index (χ3v) is 4.34. The number of hydrogen-bond donors (Lipinski definition) is 2. The zero-order valence-electron chi connectivity index (χ0n) is 14.8. The molecule has 0 saturated carbocycles. The van der Waals surface area contributed by atoms with Crippen LogP contribution in [0.4, 0.5) is 13.2 Å². The topological polar surface area (TPSA) is 58.6 Å². The molecule has 0 bridgehead atoms. The molecular formula is C18H26F3NO3. The van der Waals surface area contributed by atoms with Crippen LogP contribution in [0, 0.1) is 5.41 Å². The number of alkyl halides is 3. The van der Waals surface area contributed by atoms with Crippen LogP contribution in [0.3, 0.4) is 0 Å².